The summed E-state index contributed by atoms with van der Waals surface area (Å²) >= 11 is 1.06. The molecule has 0 aromatic rings. The summed E-state index contributed by atoms with van der Waals surface area (Å²) in [5.41, 5.74) is 1.04. The second-order valence-electron chi connectivity index (χ2n) is 2.81. The Hall–Kier alpha value is -0.277. The minimum Gasteiger partial charge on any atom is -0.346 e. The number of amides is 2. The Morgan fingerprint density at radius 3 is 2.69 bits per heavy atom. The van der Waals surface area contributed by atoms with Gasteiger partial charge in [-0.05, 0) is 6.42 Å². The van der Waals surface area contributed by atoms with Crippen molar-refractivity contribution >= 4 is 30.2 Å². The number of thioether (sulfide) groups is 1. The first-order valence-electron chi connectivity index (χ1n) is 4.59. The van der Waals surface area contributed by atoms with Crippen LogP contribution >= 0.6 is 11.8 Å². The molecule has 0 aliphatic carbocycles. The van der Waals surface area contributed by atoms with Crippen molar-refractivity contribution in [3.05, 3.63) is 30.5 Å². The van der Waals surface area contributed by atoms with Gasteiger partial charge in [0.25, 0.3) is 5.24 Å². The van der Waals surface area contributed by atoms with E-state index < -0.39 is 0 Å². The summed E-state index contributed by atoms with van der Waals surface area (Å²) in [6.45, 7) is 5.00. The Morgan fingerprint density at radius 2 is 2.25 bits per heavy atom. The zero-order valence-electron chi connectivity index (χ0n) is 8.86. The molecule has 3 nitrogen and oxygen atoms in total. The Bertz CT molecular complexity index is 331. The summed E-state index contributed by atoms with van der Waals surface area (Å²) in [7, 11) is 1.83. The minimum absolute atomic E-state index is 0. The van der Waals surface area contributed by atoms with Gasteiger partial charge in [-0.1, -0.05) is 11.8 Å². The maximum absolute atomic E-state index is 11.1. The molecule has 0 spiro atoms. The first-order chi connectivity index (χ1) is 7.25. The molecule has 2 amide bonds. The zero-order valence-corrected chi connectivity index (χ0v) is 12.6. The van der Waals surface area contributed by atoms with E-state index in [0.29, 0.717) is 6.42 Å². The molecule has 83 valence electrons. The third kappa shape index (κ3) is 4.30. The van der Waals surface area contributed by atoms with Crippen LogP contribution in [0.4, 0.5) is 4.79 Å². The number of hydrogen-bond donors (Lipinski definition) is 1. The van der Waals surface area contributed by atoms with Gasteiger partial charge in [0.05, 0.1) is 5.25 Å². The summed E-state index contributed by atoms with van der Waals surface area (Å²) in [6, 6.07) is 0. The first-order valence-corrected chi connectivity index (χ1v) is 5.47. The van der Waals surface area contributed by atoms with E-state index in [-0.39, 0.29) is 37.5 Å². The molecule has 2 rings (SSSR count). The molecule has 0 aromatic heterocycles. The molecular formula is C10H11BNO2SW. The van der Waals surface area contributed by atoms with Gasteiger partial charge in [0.2, 0.25) is 5.91 Å². The Morgan fingerprint density at radius 1 is 1.56 bits per heavy atom. The van der Waals surface area contributed by atoms with E-state index in [1.54, 1.807) is 13.0 Å². The Labute approximate surface area is 115 Å². The van der Waals surface area contributed by atoms with Crippen LogP contribution in [0.25, 0.3) is 0 Å². The summed E-state index contributed by atoms with van der Waals surface area (Å²) < 4.78 is 0. The molecule has 2 aliphatic heterocycles. The van der Waals surface area contributed by atoms with E-state index in [4.69, 9.17) is 0 Å². The van der Waals surface area contributed by atoms with Crippen LogP contribution in [0.2, 0.25) is 0 Å². The van der Waals surface area contributed by atoms with Gasteiger partial charge in [-0.25, -0.2) is 17.6 Å². The second-order valence-corrected chi connectivity index (χ2v) is 3.98. The minimum atomic E-state index is -0.261. The first kappa shape index (κ1) is 15.7. The van der Waals surface area contributed by atoms with Gasteiger partial charge in [0.15, 0.2) is 0 Å². The van der Waals surface area contributed by atoms with Gasteiger partial charge in [-0.3, -0.25) is 14.9 Å². The molecule has 1 radical (unpaired) electrons. The SMILES string of the molecule is O=C1NC(=O)C(CC2=CC=[C-][B]2)S1.[CH2-]C.[W+2]. The number of imide groups is 1. The van der Waals surface area contributed by atoms with Crippen molar-refractivity contribution in [2.45, 2.75) is 18.6 Å². The molecular weight excluding hydrogens is 393 g/mol. The number of carbonyl (C=O) groups excluding carboxylic acids is 2. The molecule has 0 aromatic carbocycles. The molecule has 2 aliphatic rings. The topological polar surface area (TPSA) is 46.2 Å². The summed E-state index contributed by atoms with van der Waals surface area (Å²) in [5, 5.41) is 1.75. The summed E-state index contributed by atoms with van der Waals surface area (Å²) in [6.07, 6.45) is 4.30. The number of rotatable bonds is 2. The number of nitrogens with one attached hydrogen (secondary N) is 1. The summed E-state index contributed by atoms with van der Waals surface area (Å²) in [5.74, 6) is 2.72. The van der Waals surface area contributed by atoms with Crippen molar-refractivity contribution < 1.29 is 30.7 Å². The van der Waals surface area contributed by atoms with Crippen LogP contribution in [0.3, 0.4) is 0 Å². The van der Waals surface area contributed by atoms with Crippen LogP contribution in [0.1, 0.15) is 13.3 Å². The quantitative estimate of drug-likeness (QED) is 0.561. The largest absolute Gasteiger partial charge is 2.00 e. The van der Waals surface area contributed by atoms with Gasteiger partial charge >= 0.3 is 21.1 Å². The van der Waals surface area contributed by atoms with Gasteiger partial charge in [-0.2, -0.15) is 6.92 Å². The van der Waals surface area contributed by atoms with Crippen molar-refractivity contribution in [3.8, 4) is 0 Å². The molecule has 2 heterocycles. The van der Waals surface area contributed by atoms with Crippen LogP contribution < -0.4 is 5.32 Å². The second kappa shape index (κ2) is 7.91. The van der Waals surface area contributed by atoms with Gasteiger partial charge in [0.1, 0.15) is 0 Å². The average Bonchev–Trinajstić information content (AvgIpc) is 2.82. The molecule has 1 N–H and O–H groups in total. The van der Waals surface area contributed by atoms with Crippen molar-refractivity contribution in [2.75, 3.05) is 0 Å². The van der Waals surface area contributed by atoms with Crippen molar-refractivity contribution in [3.63, 3.8) is 0 Å². The molecule has 0 bridgehead atoms. The zero-order chi connectivity index (χ0) is 11.3. The van der Waals surface area contributed by atoms with Gasteiger partial charge in [0, 0.05) is 7.28 Å². The van der Waals surface area contributed by atoms with Crippen molar-refractivity contribution in [1.82, 2.24) is 5.32 Å². The van der Waals surface area contributed by atoms with Crippen LogP contribution in [0, 0.1) is 12.9 Å². The molecule has 0 saturated carbocycles. The standard InChI is InChI=1S/C8H6BNO2S.C2H5.W/c11-7-6(13-8(12)10-7)4-5-2-1-3-9-5;1-2;/h1-2,6H,4H2,(H,10,11,12);1H2,2H3;/q2*-1;+2. The molecule has 1 fully saturated rings. The third-order valence-electron chi connectivity index (χ3n) is 1.85. The maximum Gasteiger partial charge on any atom is 2.00 e. The Kier molecular flexibility index (Phi) is 7.77. The van der Waals surface area contributed by atoms with E-state index in [0.717, 1.165) is 17.2 Å². The van der Waals surface area contributed by atoms with Crippen LogP contribution in [-0.4, -0.2) is 23.7 Å². The summed E-state index contributed by atoms with van der Waals surface area (Å²) in [4.78, 5) is 22.0. The van der Waals surface area contributed by atoms with Crippen molar-refractivity contribution in [1.29, 1.82) is 0 Å². The maximum atomic E-state index is 11.1. The van der Waals surface area contributed by atoms with Gasteiger partial charge in [-0.15, -0.1) is 0 Å². The van der Waals surface area contributed by atoms with Crippen LogP contribution in [-0.2, 0) is 25.9 Å². The molecule has 1 unspecified atom stereocenters. The average molecular weight is 404 g/mol. The van der Waals surface area contributed by atoms with Gasteiger partial charge < -0.3 is 12.9 Å². The van der Waals surface area contributed by atoms with E-state index in [2.05, 4.69) is 18.2 Å². The number of carbonyl (C=O) groups is 2. The fourth-order valence-electron chi connectivity index (χ4n) is 1.23. The monoisotopic (exact) mass is 404 g/mol. The number of allylic oxidation sites excluding steroid dienone is 3. The molecule has 6 heteroatoms. The van der Waals surface area contributed by atoms with E-state index in [1.807, 2.05) is 13.4 Å². The normalized spacial score (nSPS) is 21.4. The van der Waals surface area contributed by atoms with Crippen molar-refractivity contribution in [2.24, 2.45) is 0 Å². The van der Waals surface area contributed by atoms with Crippen LogP contribution in [0.5, 0.6) is 0 Å². The Balaban J connectivity index is 0.000000711. The third-order valence-corrected chi connectivity index (χ3v) is 2.83. The van der Waals surface area contributed by atoms with E-state index in [9.17, 15) is 9.59 Å². The van der Waals surface area contributed by atoms with Crippen LogP contribution in [0.15, 0.2) is 17.6 Å². The predicted octanol–water partition coefficient (Wildman–Crippen LogP) is 1.48. The fourth-order valence-corrected chi connectivity index (χ4v) is 2.09. The smallest absolute Gasteiger partial charge is 0.346 e. The molecule has 1 atom stereocenters. The molecule has 1 saturated heterocycles. The molecule has 16 heavy (non-hydrogen) atoms. The predicted molar refractivity (Wildman–Crippen MR) is 62.2 cm³/mol. The van der Waals surface area contributed by atoms with E-state index in [1.165, 1.54) is 0 Å². The van der Waals surface area contributed by atoms with E-state index >= 15 is 0 Å². The number of hydrogen-bond acceptors (Lipinski definition) is 3. The fraction of sp³-hybridized carbons (Fsp3) is 0.300.